The minimum absolute atomic E-state index is 0.0115. The maximum Gasteiger partial charge on any atom is 0.416 e. The van der Waals surface area contributed by atoms with Crippen LogP contribution in [0.5, 0.6) is 5.75 Å². The van der Waals surface area contributed by atoms with Crippen LogP contribution in [0.1, 0.15) is 70.1 Å². The van der Waals surface area contributed by atoms with Gasteiger partial charge in [0.15, 0.2) is 5.96 Å². The zero-order chi connectivity index (χ0) is 41.2. The lowest BCUT2D eigenvalue weighted by molar-refractivity contribution is -0.137. The molecule has 3 aromatic carbocycles. The molecule has 1 aromatic heterocycles. The number of ether oxygens (including phenoxy) is 1. The number of unbranched alkanes of at least 4 members (excludes halogenated alkanes) is 1. The number of aliphatic imine (C=N–C) groups is 1. The zero-order valence-electron chi connectivity index (χ0n) is 31.1. The Labute approximate surface area is 332 Å². The molecule has 57 heavy (non-hydrogen) atoms. The van der Waals surface area contributed by atoms with Crippen molar-refractivity contribution in [1.29, 1.82) is 0 Å². The average Bonchev–Trinajstić information content (AvgIpc) is 3.75. The van der Waals surface area contributed by atoms with Crippen LogP contribution >= 0.6 is 11.3 Å². The molecule has 0 saturated heterocycles. The van der Waals surface area contributed by atoms with Gasteiger partial charge in [-0.3, -0.25) is 24.2 Å². The van der Waals surface area contributed by atoms with Gasteiger partial charge in [-0.1, -0.05) is 60.7 Å². The zero-order valence-corrected chi connectivity index (χ0v) is 31.9. The van der Waals surface area contributed by atoms with E-state index in [9.17, 15) is 32.3 Å². The molecule has 304 valence electrons. The topological polar surface area (TPSA) is 216 Å². The molecule has 0 aliphatic heterocycles. The van der Waals surface area contributed by atoms with Crippen LogP contribution in [0.25, 0.3) is 0 Å². The van der Waals surface area contributed by atoms with Crippen molar-refractivity contribution in [2.75, 3.05) is 13.1 Å². The number of nitrogens with one attached hydrogen (secondary N) is 4. The lowest BCUT2D eigenvalue weighted by Crippen LogP contribution is -2.55. The van der Waals surface area contributed by atoms with Crippen LogP contribution in [0.4, 0.5) is 13.2 Å². The van der Waals surface area contributed by atoms with E-state index >= 15 is 0 Å². The van der Waals surface area contributed by atoms with Crippen LogP contribution in [-0.2, 0) is 33.7 Å². The number of rotatable bonds is 21. The highest BCUT2D eigenvalue weighted by molar-refractivity contribution is 7.12. The Morgan fingerprint density at radius 2 is 1.40 bits per heavy atom. The summed E-state index contributed by atoms with van der Waals surface area (Å²) in [5, 5.41) is 12.9. The van der Waals surface area contributed by atoms with E-state index in [4.69, 9.17) is 21.9 Å². The summed E-state index contributed by atoms with van der Waals surface area (Å²) >= 11 is 1.21. The standard InChI is InChI=1S/C40H47F3N8O5S/c41-40(42,43)29-17-13-27(14-18-29)25-56-30-19-15-28(16-20-30)34(38(55)48-24-26-8-2-1-3-9-26)51-36(53)31(10-4-5-21-44)49-35(52)32(11-6-22-47-39(45)46)50-37(54)33-12-7-23-57-33/h1-3,7-9,12-20,23,31-32,34H,4-6,10-11,21-22,24-25,44H2,(H,48,55)(H,49,52)(H,50,54)(H,51,53)(H4,45,46,47)/t31-,32-,34+/m0/s1. The van der Waals surface area contributed by atoms with Crippen molar-refractivity contribution in [2.24, 2.45) is 22.2 Å². The van der Waals surface area contributed by atoms with Gasteiger partial charge in [0.2, 0.25) is 17.7 Å². The lowest BCUT2D eigenvalue weighted by Gasteiger charge is -2.26. The summed E-state index contributed by atoms with van der Waals surface area (Å²) in [5.74, 6) is -1.99. The largest absolute Gasteiger partial charge is 0.489 e. The second kappa shape index (κ2) is 22.0. The smallest absolute Gasteiger partial charge is 0.416 e. The molecule has 4 amide bonds. The van der Waals surface area contributed by atoms with Gasteiger partial charge in [0.05, 0.1) is 10.4 Å². The Bertz CT molecular complexity index is 1910. The third-order valence-corrected chi connectivity index (χ3v) is 9.52. The minimum Gasteiger partial charge on any atom is -0.489 e. The van der Waals surface area contributed by atoms with Gasteiger partial charge >= 0.3 is 6.18 Å². The summed E-state index contributed by atoms with van der Waals surface area (Å²) in [5.41, 5.74) is 17.6. The molecule has 0 fully saturated rings. The van der Waals surface area contributed by atoms with Gasteiger partial charge in [0.25, 0.3) is 5.91 Å². The number of nitrogens with two attached hydrogens (primary N) is 3. The molecule has 0 saturated carbocycles. The molecule has 4 rings (SSSR count). The van der Waals surface area contributed by atoms with Crippen LogP contribution in [-0.4, -0.2) is 54.8 Å². The number of guanidine groups is 1. The summed E-state index contributed by atoms with van der Waals surface area (Å²) in [4.78, 5) is 58.9. The molecule has 0 radical (unpaired) electrons. The van der Waals surface area contributed by atoms with E-state index in [0.29, 0.717) is 47.6 Å². The molecule has 3 atom stereocenters. The molecule has 0 spiro atoms. The van der Waals surface area contributed by atoms with Crippen molar-refractivity contribution >= 4 is 40.9 Å². The van der Waals surface area contributed by atoms with E-state index in [0.717, 1.165) is 17.7 Å². The molecule has 17 heteroatoms. The molecular formula is C40H47F3N8O5S. The van der Waals surface area contributed by atoms with E-state index < -0.39 is 53.5 Å². The van der Waals surface area contributed by atoms with E-state index in [1.165, 1.54) is 23.5 Å². The van der Waals surface area contributed by atoms with Crippen LogP contribution in [0, 0.1) is 0 Å². The third-order valence-electron chi connectivity index (χ3n) is 8.65. The molecule has 10 N–H and O–H groups in total. The first-order valence-corrected chi connectivity index (χ1v) is 19.1. The third kappa shape index (κ3) is 14.6. The second-order valence-electron chi connectivity index (χ2n) is 13.0. The predicted molar refractivity (Wildman–Crippen MR) is 212 cm³/mol. The van der Waals surface area contributed by atoms with E-state index in [1.54, 1.807) is 41.8 Å². The van der Waals surface area contributed by atoms with E-state index in [2.05, 4.69) is 26.3 Å². The summed E-state index contributed by atoms with van der Waals surface area (Å²) < 4.78 is 44.7. The number of carbonyl (C=O) groups is 4. The first kappa shape index (κ1) is 43.8. The van der Waals surface area contributed by atoms with Crippen molar-refractivity contribution < 1.29 is 37.1 Å². The number of thiophene rings is 1. The van der Waals surface area contributed by atoms with Crippen LogP contribution < -0.4 is 43.2 Å². The van der Waals surface area contributed by atoms with E-state index in [-0.39, 0.29) is 38.5 Å². The van der Waals surface area contributed by atoms with Crippen LogP contribution in [0.3, 0.4) is 0 Å². The van der Waals surface area contributed by atoms with Gasteiger partial charge in [-0.05, 0) is 91.1 Å². The van der Waals surface area contributed by atoms with Crippen molar-refractivity contribution in [2.45, 2.75) is 69.6 Å². The van der Waals surface area contributed by atoms with Crippen molar-refractivity contribution in [3.05, 3.63) is 124 Å². The highest BCUT2D eigenvalue weighted by atomic mass is 32.1. The predicted octanol–water partition coefficient (Wildman–Crippen LogP) is 4.29. The number of alkyl halides is 3. The number of benzene rings is 3. The summed E-state index contributed by atoms with van der Waals surface area (Å²) in [6, 6.07) is 20.1. The normalized spacial score (nSPS) is 12.7. The quantitative estimate of drug-likeness (QED) is 0.0366. The molecular weight excluding hydrogens is 762 g/mol. The van der Waals surface area contributed by atoms with Gasteiger partial charge in [0.1, 0.15) is 30.5 Å². The van der Waals surface area contributed by atoms with Gasteiger partial charge in [-0.2, -0.15) is 13.2 Å². The fourth-order valence-electron chi connectivity index (χ4n) is 5.59. The van der Waals surface area contributed by atoms with E-state index in [1.807, 2.05) is 30.3 Å². The molecule has 13 nitrogen and oxygen atoms in total. The van der Waals surface area contributed by atoms with Gasteiger partial charge in [0, 0.05) is 13.1 Å². The fourth-order valence-corrected chi connectivity index (χ4v) is 6.21. The lowest BCUT2D eigenvalue weighted by atomic mass is 10.0. The number of halogens is 3. The van der Waals surface area contributed by atoms with Gasteiger partial charge in [-0.15, -0.1) is 11.3 Å². The Hall–Kier alpha value is -5.94. The van der Waals surface area contributed by atoms with Crippen LogP contribution in [0.15, 0.2) is 101 Å². The minimum atomic E-state index is -4.45. The maximum absolute atomic E-state index is 14.1. The van der Waals surface area contributed by atoms with Crippen molar-refractivity contribution in [3.63, 3.8) is 0 Å². The Kier molecular flexibility index (Phi) is 16.9. The highest BCUT2D eigenvalue weighted by Gasteiger charge is 2.31. The van der Waals surface area contributed by atoms with Crippen molar-refractivity contribution in [1.82, 2.24) is 21.3 Å². The number of hydrogen-bond donors (Lipinski definition) is 7. The summed E-state index contributed by atoms with van der Waals surface area (Å²) in [6.45, 7) is 0.718. The van der Waals surface area contributed by atoms with Crippen molar-refractivity contribution in [3.8, 4) is 5.75 Å². The Morgan fingerprint density at radius 3 is 2.04 bits per heavy atom. The van der Waals surface area contributed by atoms with Gasteiger partial charge < -0.3 is 43.2 Å². The SMILES string of the molecule is NCCCC[C@H](NC(=O)[C@H](CCCN=C(N)N)NC(=O)c1cccs1)C(=O)N[C@@H](C(=O)NCc1ccccc1)c1ccc(OCc2ccc(C(F)(F)F)cc2)cc1. The fraction of sp³-hybridized carbons (Fsp3) is 0.325. The molecule has 1 heterocycles. The van der Waals surface area contributed by atoms with Gasteiger partial charge in [-0.25, -0.2) is 0 Å². The second-order valence-corrected chi connectivity index (χ2v) is 13.9. The number of nitrogens with zero attached hydrogens (tertiary/aromatic N) is 1. The maximum atomic E-state index is 14.1. The molecule has 0 unspecified atom stereocenters. The molecule has 0 bridgehead atoms. The Morgan fingerprint density at radius 1 is 0.737 bits per heavy atom. The molecule has 4 aromatic rings. The first-order chi connectivity index (χ1) is 27.3. The Balaban J connectivity index is 1.52. The average molecular weight is 809 g/mol. The highest BCUT2D eigenvalue weighted by Crippen LogP contribution is 2.29. The molecule has 0 aliphatic carbocycles. The summed E-state index contributed by atoms with van der Waals surface area (Å²) in [7, 11) is 0. The monoisotopic (exact) mass is 808 g/mol. The summed E-state index contributed by atoms with van der Waals surface area (Å²) in [6.07, 6.45) is -2.73. The van der Waals surface area contributed by atoms with Crippen LogP contribution in [0.2, 0.25) is 0 Å². The first-order valence-electron chi connectivity index (χ1n) is 18.2. The number of carbonyl (C=O) groups excluding carboxylic acids is 4. The number of hydrogen-bond acceptors (Lipinski definition) is 8. The molecule has 0 aliphatic rings. The number of amides is 4.